The summed E-state index contributed by atoms with van der Waals surface area (Å²) in [7, 11) is 0. The third kappa shape index (κ3) is 4.67. The second kappa shape index (κ2) is 5.58. The first-order valence-electron chi connectivity index (χ1n) is 5.13. The van der Waals surface area contributed by atoms with Crippen molar-refractivity contribution in [1.82, 2.24) is 5.32 Å². The number of nitrogens with one attached hydrogen (secondary N) is 1. The van der Waals surface area contributed by atoms with Crippen LogP contribution in [-0.4, -0.2) is 22.5 Å². The number of amidine groups is 1. The van der Waals surface area contributed by atoms with Crippen LogP contribution < -0.4 is 11.1 Å². The highest BCUT2D eigenvalue weighted by Crippen LogP contribution is 2.11. The summed E-state index contributed by atoms with van der Waals surface area (Å²) in [4.78, 5) is 11.7. The van der Waals surface area contributed by atoms with Crippen LogP contribution in [-0.2, 0) is 4.79 Å². The molecule has 1 atom stereocenters. The van der Waals surface area contributed by atoms with Gasteiger partial charge in [0.1, 0.15) is 0 Å². The van der Waals surface area contributed by atoms with Crippen LogP contribution >= 0.6 is 0 Å². The molecule has 0 fully saturated rings. The van der Waals surface area contributed by atoms with Gasteiger partial charge in [0, 0.05) is 5.54 Å². The molecule has 5 heteroatoms. The first kappa shape index (κ1) is 13.7. The van der Waals surface area contributed by atoms with Gasteiger partial charge in [-0.05, 0) is 27.2 Å². The number of nitrogens with two attached hydrogens (primary N) is 1. The number of hydrogen-bond donors (Lipinski definition) is 3. The van der Waals surface area contributed by atoms with Crippen molar-refractivity contribution >= 4 is 11.7 Å². The Morgan fingerprint density at radius 3 is 2.53 bits per heavy atom. The Bertz CT molecular complexity index is 249. The Labute approximate surface area is 90.7 Å². The summed E-state index contributed by atoms with van der Waals surface area (Å²) in [5.41, 5.74) is 5.10. The van der Waals surface area contributed by atoms with E-state index in [0.29, 0.717) is 0 Å². The first-order chi connectivity index (χ1) is 6.84. The van der Waals surface area contributed by atoms with Gasteiger partial charge in [-0.15, -0.1) is 0 Å². The zero-order valence-electron chi connectivity index (χ0n) is 9.87. The predicted molar refractivity (Wildman–Crippen MR) is 59.7 cm³/mol. The van der Waals surface area contributed by atoms with E-state index in [4.69, 9.17) is 10.9 Å². The molecule has 4 N–H and O–H groups in total. The Morgan fingerprint density at radius 1 is 1.60 bits per heavy atom. The lowest BCUT2D eigenvalue weighted by Gasteiger charge is -2.27. The topological polar surface area (TPSA) is 87.7 Å². The third-order valence-corrected chi connectivity index (χ3v) is 2.29. The van der Waals surface area contributed by atoms with E-state index in [1.807, 2.05) is 13.8 Å². The number of amides is 1. The van der Waals surface area contributed by atoms with Crippen LogP contribution in [0.15, 0.2) is 5.16 Å². The lowest BCUT2D eigenvalue weighted by Crippen LogP contribution is -2.48. The molecule has 15 heavy (non-hydrogen) atoms. The van der Waals surface area contributed by atoms with Gasteiger partial charge in [0.25, 0.3) is 0 Å². The number of carbonyl (C=O) groups excluding carboxylic acids is 1. The largest absolute Gasteiger partial charge is 0.409 e. The molecule has 1 unspecified atom stereocenters. The lowest BCUT2D eigenvalue weighted by atomic mass is 9.97. The summed E-state index contributed by atoms with van der Waals surface area (Å²) in [6, 6.07) is 0. The average molecular weight is 215 g/mol. The fourth-order valence-corrected chi connectivity index (χ4v) is 1.35. The number of carbonyl (C=O) groups is 1. The molecule has 1 amide bonds. The summed E-state index contributed by atoms with van der Waals surface area (Å²) in [5, 5.41) is 14.1. The highest BCUT2D eigenvalue weighted by molar-refractivity contribution is 6.01. The second-order valence-electron chi connectivity index (χ2n) is 4.37. The first-order valence-corrected chi connectivity index (χ1v) is 5.13. The Balaban J connectivity index is 4.36. The molecule has 0 aromatic rings. The Kier molecular flexibility index (Phi) is 5.11. The van der Waals surface area contributed by atoms with Crippen molar-refractivity contribution in [2.45, 2.75) is 46.1 Å². The van der Waals surface area contributed by atoms with Gasteiger partial charge in [-0.2, -0.15) is 0 Å². The third-order valence-electron chi connectivity index (χ3n) is 2.29. The number of hydrogen-bond acceptors (Lipinski definition) is 3. The molecule has 0 radical (unpaired) electrons. The van der Waals surface area contributed by atoms with Crippen LogP contribution in [0.4, 0.5) is 0 Å². The molecule has 0 saturated carbocycles. The van der Waals surface area contributed by atoms with Crippen LogP contribution in [0.3, 0.4) is 0 Å². The van der Waals surface area contributed by atoms with Crippen molar-refractivity contribution in [3.63, 3.8) is 0 Å². The Morgan fingerprint density at radius 2 is 2.13 bits per heavy atom. The van der Waals surface area contributed by atoms with Crippen LogP contribution in [0.1, 0.15) is 40.5 Å². The van der Waals surface area contributed by atoms with E-state index in [2.05, 4.69) is 17.4 Å². The van der Waals surface area contributed by atoms with Crippen LogP contribution in [0, 0.1) is 5.92 Å². The quantitative estimate of drug-likeness (QED) is 0.277. The van der Waals surface area contributed by atoms with Crippen LogP contribution in [0.25, 0.3) is 0 Å². The summed E-state index contributed by atoms with van der Waals surface area (Å²) in [6.45, 7) is 7.56. The van der Waals surface area contributed by atoms with Crippen molar-refractivity contribution < 1.29 is 10.0 Å². The molecule has 0 aliphatic heterocycles. The van der Waals surface area contributed by atoms with Gasteiger partial charge >= 0.3 is 0 Å². The van der Waals surface area contributed by atoms with Gasteiger partial charge in [0.05, 0.1) is 5.92 Å². The molecule has 0 bridgehead atoms. The van der Waals surface area contributed by atoms with E-state index in [-0.39, 0.29) is 17.3 Å². The van der Waals surface area contributed by atoms with Crippen molar-refractivity contribution in [2.24, 2.45) is 16.8 Å². The highest BCUT2D eigenvalue weighted by Gasteiger charge is 2.24. The standard InChI is InChI=1S/C10H21N3O2/c1-5-6-10(3,4)12-9(14)7(2)8(11)13-15/h7,15H,5-6H2,1-4H3,(H2,11,13)(H,12,14). The van der Waals surface area contributed by atoms with E-state index in [0.717, 1.165) is 12.8 Å². The molecule has 5 nitrogen and oxygen atoms in total. The monoisotopic (exact) mass is 215 g/mol. The summed E-state index contributed by atoms with van der Waals surface area (Å²) in [5.74, 6) is -0.894. The molecule has 0 aromatic carbocycles. The maximum absolute atomic E-state index is 11.7. The van der Waals surface area contributed by atoms with Crippen LogP contribution in [0.5, 0.6) is 0 Å². The molecule has 0 aliphatic carbocycles. The SMILES string of the molecule is CCCC(C)(C)NC(=O)C(C)C(N)=NO. The van der Waals surface area contributed by atoms with Crippen molar-refractivity contribution in [3.8, 4) is 0 Å². The molecular formula is C10H21N3O2. The number of rotatable bonds is 5. The fourth-order valence-electron chi connectivity index (χ4n) is 1.35. The molecule has 0 heterocycles. The molecule has 0 aliphatic rings. The smallest absolute Gasteiger partial charge is 0.230 e. The highest BCUT2D eigenvalue weighted by atomic mass is 16.4. The van der Waals surface area contributed by atoms with E-state index in [1.54, 1.807) is 6.92 Å². The fraction of sp³-hybridized carbons (Fsp3) is 0.800. The van der Waals surface area contributed by atoms with Gasteiger partial charge in [-0.3, -0.25) is 4.79 Å². The minimum absolute atomic E-state index is 0.0696. The zero-order chi connectivity index (χ0) is 12.1. The molecule has 0 saturated heterocycles. The Hall–Kier alpha value is -1.26. The minimum atomic E-state index is -0.605. The maximum Gasteiger partial charge on any atom is 0.230 e. The van der Waals surface area contributed by atoms with Crippen molar-refractivity contribution in [2.75, 3.05) is 0 Å². The summed E-state index contributed by atoms with van der Waals surface area (Å²) >= 11 is 0. The van der Waals surface area contributed by atoms with Crippen molar-refractivity contribution in [1.29, 1.82) is 0 Å². The van der Waals surface area contributed by atoms with E-state index < -0.39 is 5.92 Å². The van der Waals surface area contributed by atoms with E-state index in [9.17, 15) is 4.79 Å². The number of nitrogens with zero attached hydrogens (tertiary/aromatic N) is 1. The van der Waals surface area contributed by atoms with E-state index in [1.165, 1.54) is 0 Å². The minimum Gasteiger partial charge on any atom is -0.409 e. The average Bonchev–Trinajstić information content (AvgIpc) is 2.14. The van der Waals surface area contributed by atoms with Crippen LogP contribution in [0.2, 0.25) is 0 Å². The van der Waals surface area contributed by atoms with Gasteiger partial charge in [-0.1, -0.05) is 18.5 Å². The lowest BCUT2D eigenvalue weighted by molar-refractivity contribution is -0.124. The summed E-state index contributed by atoms with van der Waals surface area (Å²) in [6.07, 6.45) is 1.88. The van der Waals surface area contributed by atoms with Gasteiger partial charge in [-0.25, -0.2) is 0 Å². The number of oxime groups is 1. The molecular weight excluding hydrogens is 194 g/mol. The van der Waals surface area contributed by atoms with Gasteiger partial charge < -0.3 is 16.3 Å². The van der Waals surface area contributed by atoms with Crippen molar-refractivity contribution in [3.05, 3.63) is 0 Å². The summed E-state index contributed by atoms with van der Waals surface area (Å²) < 4.78 is 0. The van der Waals surface area contributed by atoms with Gasteiger partial charge in [0.15, 0.2) is 5.84 Å². The van der Waals surface area contributed by atoms with Gasteiger partial charge in [0.2, 0.25) is 5.91 Å². The normalized spacial score (nSPS) is 14.8. The zero-order valence-corrected chi connectivity index (χ0v) is 9.87. The molecule has 0 aromatic heterocycles. The maximum atomic E-state index is 11.7. The predicted octanol–water partition coefficient (Wildman–Crippen LogP) is 1.06. The second-order valence-corrected chi connectivity index (χ2v) is 4.37. The van der Waals surface area contributed by atoms with E-state index >= 15 is 0 Å². The molecule has 88 valence electrons. The molecule has 0 rings (SSSR count). The molecule has 0 spiro atoms.